The Labute approximate surface area is 77.8 Å². The molecule has 0 aliphatic heterocycles. The molecule has 0 bridgehead atoms. The van der Waals surface area contributed by atoms with E-state index < -0.39 is 10.0 Å². The monoisotopic (exact) mass is 208 g/mol. The van der Waals surface area contributed by atoms with Crippen LogP contribution in [0.25, 0.3) is 0 Å². The summed E-state index contributed by atoms with van der Waals surface area (Å²) in [4.78, 5) is 0.0301. The molecule has 0 amide bonds. The number of thiocarbonyl (C=S) groups is 1. The summed E-state index contributed by atoms with van der Waals surface area (Å²) in [5.74, 6) is -0.213. The van der Waals surface area contributed by atoms with E-state index in [2.05, 4.69) is 12.2 Å². The number of sulfonamides is 1. The van der Waals surface area contributed by atoms with Gasteiger partial charge in [-0.25, -0.2) is 12.7 Å². The van der Waals surface area contributed by atoms with Gasteiger partial charge in [-0.2, -0.15) is 0 Å². The molecular weight excluding hydrogens is 196 g/mol. The van der Waals surface area contributed by atoms with Crippen molar-refractivity contribution in [1.29, 1.82) is 0 Å². The molecule has 0 aromatic heterocycles. The van der Waals surface area contributed by atoms with Crippen molar-refractivity contribution < 1.29 is 8.42 Å². The molecule has 1 fully saturated rings. The highest BCUT2D eigenvalue weighted by molar-refractivity contribution is 7.92. The first kappa shape index (κ1) is 9.88. The van der Waals surface area contributed by atoms with Gasteiger partial charge < -0.3 is 5.73 Å². The van der Waals surface area contributed by atoms with Gasteiger partial charge in [0.25, 0.3) is 0 Å². The molecule has 0 radical (unpaired) electrons. The Morgan fingerprint density at radius 3 is 2.50 bits per heavy atom. The van der Waals surface area contributed by atoms with Crippen LogP contribution >= 0.6 is 12.2 Å². The number of nitrogens with two attached hydrogens (primary N) is 1. The number of nitrogens with zero attached hydrogens (tertiary/aromatic N) is 1. The zero-order valence-corrected chi connectivity index (χ0v) is 8.49. The number of hydrogen-bond donors (Lipinski definition) is 1. The van der Waals surface area contributed by atoms with E-state index in [4.69, 9.17) is 5.73 Å². The molecule has 1 aliphatic carbocycles. The van der Waals surface area contributed by atoms with Crippen molar-refractivity contribution >= 4 is 27.2 Å². The van der Waals surface area contributed by atoms with E-state index in [9.17, 15) is 8.42 Å². The molecule has 1 saturated carbocycles. The van der Waals surface area contributed by atoms with Crippen molar-refractivity contribution in [1.82, 2.24) is 4.31 Å². The first-order chi connectivity index (χ1) is 5.43. The van der Waals surface area contributed by atoms with Gasteiger partial charge in [-0.15, -0.1) is 0 Å². The van der Waals surface area contributed by atoms with Gasteiger partial charge in [-0.3, -0.25) is 0 Å². The van der Waals surface area contributed by atoms with Crippen LogP contribution < -0.4 is 5.73 Å². The van der Waals surface area contributed by atoms with Crippen LogP contribution in [0.3, 0.4) is 0 Å². The highest BCUT2D eigenvalue weighted by Crippen LogP contribution is 2.27. The topological polar surface area (TPSA) is 63.4 Å². The summed E-state index contributed by atoms with van der Waals surface area (Å²) >= 11 is 4.54. The van der Waals surface area contributed by atoms with Crippen molar-refractivity contribution in [2.45, 2.75) is 18.9 Å². The van der Waals surface area contributed by atoms with Crippen molar-refractivity contribution in [2.24, 2.45) is 5.73 Å². The van der Waals surface area contributed by atoms with E-state index in [0.717, 1.165) is 12.8 Å². The SMILES string of the molecule is CN(C1CC1)S(=O)(=O)CC(N)=S. The van der Waals surface area contributed by atoms with E-state index in [1.165, 1.54) is 4.31 Å². The third-order valence-electron chi connectivity index (χ3n) is 1.82. The molecule has 0 aromatic rings. The molecule has 1 aliphatic rings. The van der Waals surface area contributed by atoms with E-state index in [1.807, 2.05) is 0 Å². The van der Waals surface area contributed by atoms with Gasteiger partial charge in [0.15, 0.2) is 0 Å². The van der Waals surface area contributed by atoms with E-state index in [-0.39, 0.29) is 16.8 Å². The second kappa shape index (κ2) is 3.27. The van der Waals surface area contributed by atoms with Crippen LogP contribution in [0.5, 0.6) is 0 Å². The van der Waals surface area contributed by atoms with Gasteiger partial charge in [0.05, 0.1) is 4.99 Å². The predicted molar refractivity (Wildman–Crippen MR) is 51.4 cm³/mol. The summed E-state index contributed by atoms with van der Waals surface area (Å²) in [6, 6.07) is 0.185. The summed E-state index contributed by atoms with van der Waals surface area (Å²) in [5.41, 5.74) is 5.16. The van der Waals surface area contributed by atoms with Crippen LogP contribution in [0.1, 0.15) is 12.8 Å². The first-order valence-electron chi connectivity index (χ1n) is 3.67. The lowest BCUT2D eigenvalue weighted by Crippen LogP contribution is -2.35. The summed E-state index contributed by atoms with van der Waals surface area (Å²) in [7, 11) is -1.65. The van der Waals surface area contributed by atoms with Crippen molar-refractivity contribution in [3.63, 3.8) is 0 Å². The third kappa shape index (κ3) is 2.40. The standard InChI is InChI=1S/C6H12N2O2S2/c1-8(5-2-3-5)12(9,10)4-6(7)11/h5H,2-4H2,1H3,(H2,7,11). The lowest BCUT2D eigenvalue weighted by Gasteiger charge is -2.15. The summed E-state index contributed by atoms with van der Waals surface area (Å²) in [5, 5.41) is 0. The highest BCUT2D eigenvalue weighted by atomic mass is 32.2. The van der Waals surface area contributed by atoms with Crippen LogP contribution in [-0.2, 0) is 10.0 Å². The number of rotatable bonds is 4. The minimum absolute atomic E-state index is 0.0301. The fourth-order valence-electron chi connectivity index (χ4n) is 0.947. The molecule has 0 unspecified atom stereocenters. The maximum atomic E-state index is 11.4. The largest absolute Gasteiger partial charge is 0.392 e. The van der Waals surface area contributed by atoms with Gasteiger partial charge >= 0.3 is 0 Å². The molecule has 0 spiro atoms. The van der Waals surface area contributed by atoms with Crippen molar-refractivity contribution in [3.8, 4) is 0 Å². The molecule has 4 nitrogen and oxygen atoms in total. The highest BCUT2D eigenvalue weighted by Gasteiger charge is 2.34. The van der Waals surface area contributed by atoms with Gasteiger partial charge in [0.1, 0.15) is 5.75 Å². The van der Waals surface area contributed by atoms with Crippen LogP contribution in [0, 0.1) is 0 Å². The summed E-state index contributed by atoms with van der Waals surface area (Å²) < 4.78 is 24.1. The second-order valence-corrected chi connectivity index (χ2v) is 5.52. The van der Waals surface area contributed by atoms with Crippen molar-refractivity contribution in [2.75, 3.05) is 12.8 Å². The summed E-state index contributed by atoms with van der Waals surface area (Å²) in [6.45, 7) is 0. The molecule has 0 aromatic carbocycles. The minimum Gasteiger partial charge on any atom is -0.392 e. The van der Waals surface area contributed by atoms with E-state index >= 15 is 0 Å². The fraction of sp³-hybridized carbons (Fsp3) is 0.833. The normalized spacial score (nSPS) is 18.2. The molecule has 70 valence electrons. The average Bonchev–Trinajstić information content (AvgIpc) is 2.63. The van der Waals surface area contributed by atoms with E-state index in [1.54, 1.807) is 7.05 Å². The molecular formula is C6H12N2O2S2. The maximum Gasteiger partial charge on any atom is 0.220 e. The Morgan fingerprint density at radius 2 is 2.17 bits per heavy atom. The van der Waals surface area contributed by atoms with Gasteiger partial charge in [-0.05, 0) is 12.8 Å². The lowest BCUT2D eigenvalue weighted by atomic mass is 10.7. The maximum absolute atomic E-state index is 11.4. The number of hydrogen-bond acceptors (Lipinski definition) is 3. The smallest absolute Gasteiger partial charge is 0.220 e. The molecule has 12 heavy (non-hydrogen) atoms. The quantitative estimate of drug-likeness (QED) is 0.644. The van der Waals surface area contributed by atoms with Gasteiger partial charge in [-0.1, -0.05) is 12.2 Å². The minimum atomic E-state index is -3.23. The molecule has 0 heterocycles. The molecule has 2 N–H and O–H groups in total. The first-order valence-corrected chi connectivity index (χ1v) is 5.69. The van der Waals surface area contributed by atoms with Crippen LogP contribution in [0.15, 0.2) is 0 Å². The fourth-order valence-corrected chi connectivity index (χ4v) is 2.62. The average molecular weight is 208 g/mol. The summed E-state index contributed by atoms with van der Waals surface area (Å²) in [6.07, 6.45) is 1.90. The molecule has 6 heteroatoms. The molecule has 0 saturated heterocycles. The second-order valence-electron chi connectivity index (χ2n) is 2.97. The Morgan fingerprint density at radius 1 is 1.67 bits per heavy atom. The zero-order chi connectivity index (χ0) is 9.35. The molecule has 1 rings (SSSR count). The van der Waals surface area contributed by atoms with Crippen LogP contribution in [0.2, 0.25) is 0 Å². The van der Waals surface area contributed by atoms with Crippen LogP contribution in [0.4, 0.5) is 0 Å². The Balaban J connectivity index is 2.63. The zero-order valence-electron chi connectivity index (χ0n) is 6.86. The lowest BCUT2D eigenvalue weighted by molar-refractivity contribution is 0.468. The predicted octanol–water partition coefficient (Wildman–Crippen LogP) is -0.304. The Hall–Kier alpha value is -0.200. The van der Waals surface area contributed by atoms with Crippen molar-refractivity contribution in [3.05, 3.63) is 0 Å². The van der Waals surface area contributed by atoms with E-state index in [0.29, 0.717) is 0 Å². The third-order valence-corrected chi connectivity index (χ3v) is 4.00. The van der Waals surface area contributed by atoms with Gasteiger partial charge in [0.2, 0.25) is 10.0 Å². The Kier molecular flexibility index (Phi) is 2.70. The Bertz CT molecular complexity index is 282. The van der Waals surface area contributed by atoms with Gasteiger partial charge in [0, 0.05) is 13.1 Å². The van der Waals surface area contributed by atoms with Crippen LogP contribution in [-0.4, -0.2) is 36.6 Å². The molecule has 0 atom stereocenters.